The third-order valence-electron chi connectivity index (χ3n) is 4.92. The molecule has 0 radical (unpaired) electrons. The van der Waals surface area contributed by atoms with E-state index in [1.165, 1.54) is 5.56 Å². The molecule has 2 aliphatic rings. The Kier molecular flexibility index (Phi) is 6.52. The predicted molar refractivity (Wildman–Crippen MR) is 101 cm³/mol. The van der Waals surface area contributed by atoms with Crippen LogP contribution in [0.4, 0.5) is 4.79 Å². The number of carbonyl (C=O) groups excluding carboxylic acids is 2. The fraction of sp³-hybridized carbons (Fsp3) is 0.579. The van der Waals surface area contributed by atoms with Crippen LogP contribution in [0.2, 0.25) is 0 Å². The first-order chi connectivity index (χ1) is 13.1. The molecule has 0 aliphatic carbocycles. The van der Waals surface area contributed by atoms with E-state index in [0.717, 1.165) is 44.2 Å². The van der Waals surface area contributed by atoms with Gasteiger partial charge in [0, 0.05) is 39.3 Å². The molecule has 1 aromatic carbocycles. The number of rotatable bonds is 5. The molecule has 1 aromatic rings. The van der Waals surface area contributed by atoms with E-state index in [1.807, 2.05) is 26.0 Å². The van der Waals surface area contributed by atoms with Crippen molar-refractivity contribution in [2.75, 3.05) is 45.9 Å². The number of hydrogen-bond acceptors (Lipinski definition) is 6. The summed E-state index contributed by atoms with van der Waals surface area (Å²) in [6.45, 7) is 9.48. The molecule has 3 rings (SSSR count). The number of urea groups is 1. The number of fused-ring (bicyclic) bond motifs is 1. The van der Waals surface area contributed by atoms with Crippen molar-refractivity contribution < 1.29 is 19.1 Å². The van der Waals surface area contributed by atoms with Crippen molar-refractivity contribution in [1.82, 2.24) is 20.4 Å². The molecule has 8 nitrogen and oxygen atoms in total. The van der Waals surface area contributed by atoms with E-state index in [4.69, 9.17) is 9.47 Å². The highest BCUT2D eigenvalue weighted by Gasteiger charge is 2.26. The van der Waals surface area contributed by atoms with Crippen LogP contribution in [0, 0.1) is 0 Å². The summed E-state index contributed by atoms with van der Waals surface area (Å²) in [5, 5.41) is 4.96. The second-order valence-corrected chi connectivity index (χ2v) is 6.81. The molecule has 0 spiro atoms. The second-order valence-electron chi connectivity index (χ2n) is 6.81. The molecule has 2 aliphatic heterocycles. The lowest BCUT2D eigenvalue weighted by molar-refractivity contribution is -0.125. The Morgan fingerprint density at radius 2 is 1.81 bits per heavy atom. The molecule has 2 heterocycles. The van der Waals surface area contributed by atoms with E-state index >= 15 is 0 Å². The molecule has 3 amide bonds. The number of amides is 3. The van der Waals surface area contributed by atoms with E-state index < -0.39 is 6.03 Å². The van der Waals surface area contributed by atoms with Gasteiger partial charge >= 0.3 is 6.03 Å². The van der Waals surface area contributed by atoms with Crippen molar-refractivity contribution in [3.8, 4) is 11.5 Å². The zero-order chi connectivity index (χ0) is 19.2. The molecular weight excluding hydrogens is 348 g/mol. The van der Waals surface area contributed by atoms with E-state index in [0.29, 0.717) is 19.8 Å². The Bertz CT molecular complexity index is 674. The van der Waals surface area contributed by atoms with Crippen molar-refractivity contribution in [3.05, 3.63) is 23.8 Å². The summed E-state index contributed by atoms with van der Waals surface area (Å²) < 4.78 is 11.2. The molecule has 0 bridgehead atoms. The van der Waals surface area contributed by atoms with Crippen LogP contribution in [0.25, 0.3) is 0 Å². The quantitative estimate of drug-likeness (QED) is 0.791. The third-order valence-corrected chi connectivity index (χ3v) is 4.92. The van der Waals surface area contributed by atoms with Crippen molar-refractivity contribution in [3.63, 3.8) is 0 Å². The van der Waals surface area contributed by atoms with E-state index in [-0.39, 0.29) is 11.9 Å². The monoisotopic (exact) mass is 376 g/mol. The first kappa shape index (κ1) is 19.4. The molecule has 2 N–H and O–H groups in total. The molecule has 0 aromatic heterocycles. The van der Waals surface area contributed by atoms with Gasteiger partial charge in [-0.05, 0) is 31.5 Å². The Labute approximate surface area is 159 Å². The average Bonchev–Trinajstić information content (AvgIpc) is 2.68. The minimum Gasteiger partial charge on any atom is -0.486 e. The van der Waals surface area contributed by atoms with Gasteiger partial charge in [0.25, 0.3) is 0 Å². The predicted octanol–water partition coefficient (Wildman–Crippen LogP) is 0.810. The topological polar surface area (TPSA) is 83.1 Å². The van der Waals surface area contributed by atoms with Crippen LogP contribution in [0.5, 0.6) is 11.5 Å². The van der Waals surface area contributed by atoms with Gasteiger partial charge in [-0.3, -0.25) is 19.9 Å². The average molecular weight is 376 g/mol. The zero-order valence-electron chi connectivity index (χ0n) is 16.0. The second kappa shape index (κ2) is 9.05. The Morgan fingerprint density at radius 3 is 2.52 bits per heavy atom. The molecule has 1 saturated heterocycles. The summed E-state index contributed by atoms with van der Waals surface area (Å²) >= 11 is 0. The summed E-state index contributed by atoms with van der Waals surface area (Å²) in [6.07, 6.45) is 0. The normalized spacial score (nSPS) is 18.6. The number of piperazine rings is 1. The first-order valence-corrected chi connectivity index (χ1v) is 9.50. The summed E-state index contributed by atoms with van der Waals surface area (Å²) in [7, 11) is 0. The zero-order valence-corrected chi connectivity index (χ0v) is 16.0. The van der Waals surface area contributed by atoms with Crippen LogP contribution in [0.1, 0.15) is 19.4 Å². The van der Waals surface area contributed by atoms with Gasteiger partial charge in [-0.15, -0.1) is 0 Å². The van der Waals surface area contributed by atoms with Crippen LogP contribution in [0.15, 0.2) is 18.2 Å². The third kappa shape index (κ3) is 5.11. The smallest absolute Gasteiger partial charge is 0.321 e. The Morgan fingerprint density at radius 1 is 1.11 bits per heavy atom. The summed E-state index contributed by atoms with van der Waals surface area (Å²) in [5.74, 6) is 1.36. The number of nitrogens with one attached hydrogen (secondary N) is 2. The van der Waals surface area contributed by atoms with Crippen molar-refractivity contribution in [2.24, 2.45) is 0 Å². The summed E-state index contributed by atoms with van der Waals surface area (Å²) in [6, 6.07) is 5.31. The van der Waals surface area contributed by atoms with Gasteiger partial charge in [-0.2, -0.15) is 0 Å². The maximum atomic E-state index is 12.2. The molecule has 148 valence electrons. The van der Waals surface area contributed by atoms with Crippen LogP contribution >= 0.6 is 0 Å². The fourth-order valence-electron chi connectivity index (χ4n) is 3.34. The standard InChI is InChI=1S/C19H28N4O4/c1-3-20-19(25)21-18(24)14(2)23-8-6-22(7-9-23)13-15-4-5-16-17(12-15)27-11-10-26-16/h4-5,12,14H,3,6-11,13H2,1-2H3,(H2,20,21,24,25). The Balaban J connectivity index is 1.47. The fourth-order valence-corrected chi connectivity index (χ4v) is 3.34. The number of carbonyl (C=O) groups is 2. The molecule has 1 fully saturated rings. The van der Waals surface area contributed by atoms with Crippen molar-refractivity contribution in [1.29, 1.82) is 0 Å². The molecule has 0 saturated carbocycles. The minimum absolute atomic E-state index is 0.263. The molecule has 27 heavy (non-hydrogen) atoms. The maximum Gasteiger partial charge on any atom is 0.321 e. The number of nitrogens with zero attached hydrogens (tertiary/aromatic N) is 2. The van der Waals surface area contributed by atoms with E-state index in [9.17, 15) is 9.59 Å². The van der Waals surface area contributed by atoms with Crippen LogP contribution in [0.3, 0.4) is 0 Å². The molecule has 1 atom stereocenters. The summed E-state index contributed by atoms with van der Waals surface area (Å²) in [4.78, 5) is 28.2. The van der Waals surface area contributed by atoms with Crippen molar-refractivity contribution >= 4 is 11.9 Å². The van der Waals surface area contributed by atoms with E-state index in [2.05, 4.69) is 26.5 Å². The van der Waals surface area contributed by atoms with Gasteiger partial charge in [0.05, 0.1) is 6.04 Å². The van der Waals surface area contributed by atoms with Gasteiger partial charge in [0.1, 0.15) is 13.2 Å². The SMILES string of the molecule is CCNC(=O)NC(=O)C(C)N1CCN(Cc2ccc3c(c2)OCCO3)CC1. The highest BCUT2D eigenvalue weighted by Crippen LogP contribution is 2.31. The van der Waals surface area contributed by atoms with Gasteiger partial charge in [0.2, 0.25) is 5.91 Å². The maximum absolute atomic E-state index is 12.2. The highest BCUT2D eigenvalue weighted by atomic mass is 16.6. The molecular formula is C19H28N4O4. The van der Waals surface area contributed by atoms with Gasteiger partial charge < -0.3 is 14.8 Å². The van der Waals surface area contributed by atoms with Gasteiger partial charge in [0.15, 0.2) is 11.5 Å². The number of benzene rings is 1. The van der Waals surface area contributed by atoms with Gasteiger partial charge in [-0.25, -0.2) is 4.79 Å². The van der Waals surface area contributed by atoms with Gasteiger partial charge in [-0.1, -0.05) is 6.07 Å². The Hall–Kier alpha value is -2.32. The number of hydrogen-bond donors (Lipinski definition) is 2. The van der Waals surface area contributed by atoms with Crippen molar-refractivity contribution in [2.45, 2.75) is 26.4 Å². The number of ether oxygens (including phenoxy) is 2. The first-order valence-electron chi connectivity index (χ1n) is 9.50. The molecule has 8 heteroatoms. The molecule has 1 unspecified atom stereocenters. The number of imide groups is 1. The summed E-state index contributed by atoms with van der Waals surface area (Å²) in [5.41, 5.74) is 1.19. The van der Waals surface area contributed by atoms with Crippen LogP contribution < -0.4 is 20.1 Å². The van der Waals surface area contributed by atoms with Crippen LogP contribution in [-0.4, -0.2) is 73.7 Å². The lowest BCUT2D eigenvalue weighted by Gasteiger charge is -2.37. The lowest BCUT2D eigenvalue weighted by Crippen LogP contribution is -2.55. The highest BCUT2D eigenvalue weighted by molar-refractivity contribution is 5.96. The lowest BCUT2D eigenvalue weighted by atomic mass is 10.1. The van der Waals surface area contributed by atoms with Crippen LogP contribution in [-0.2, 0) is 11.3 Å². The minimum atomic E-state index is -0.438. The largest absolute Gasteiger partial charge is 0.486 e. The van der Waals surface area contributed by atoms with E-state index in [1.54, 1.807) is 0 Å².